The minimum Gasteiger partial charge on any atom is -0.339 e. The molecule has 1 atom stereocenters. The van der Waals surface area contributed by atoms with Crippen LogP contribution in [0.2, 0.25) is 0 Å². The molecule has 4 heteroatoms. The van der Waals surface area contributed by atoms with E-state index >= 15 is 0 Å². The van der Waals surface area contributed by atoms with E-state index in [9.17, 15) is 9.59 Å². The highest BCUT2D eigenvalue weighted by Gasteiger charge is 2.27. The maximum Gasteiger partial charge on any atom is 0.222 e. The predicted molar refractivity (Wildman–Crippen MR) is 58.3 cm³/mol. The largest absolute Gasteiger partial charge is 0.339 e. The predicted octanol–water partition coefficient (Wildman–Crippen LogP) is 0.866. The Kier molecular flexibility index (Phi) is 4.12. The van der Waals surface area contributed by atoms with Gasteiger partial charge in [0.25, 0.3) is 0 Å². The first kappa shape index (κ1) is 12.0. The van der Waals surface area contributed by atoms with E-state index in [1.54, 1.807) is 0 Å². The lowest BCUT2D eigenvalue weighted by atomic mass is 10.1. The summed E-state index contributed by atoms with van der Waals surface area (Å²) in [5.41, 5.74) is 0. The Bertz CT molecular complexity index is 253. The number of carbonyl (C=O) groups excluding carboxylic acids is 2. The number of nitrogens with zero attached hydrogens (tertiary/aromatic N) is 2. The Hall–Kier alpha value is -1.06. The molecule has 2 amide bonds. The normalized spacial score (nSPS) is 21.7. The van der Waals surface area contributed by atoms with Crippen LogP contribution in [-0.2, 0) is 9.59 Å². The molecule has 0 aromatic heterocycles. The lowest BCUT2D eigenvalue weighted by Gasteiger charge is -2.39. The van der Waals surface area contributed by atoms with Crippen LogP contribution < -0.4 is 0 Å². The molecular weight excluding hydrogens is 192 g/mol. The van der Waals surface area contributed by atoms with Crippen molar-refractivity contribution in [2.75, 3.05) is 19.6 Å². The molecule has 0 saturated carbocycles. The smallest absolute Gasteiger partial charge is 0.222 e. The van der Waals surface area contributed by atoms with Crippen LogP contribution in [-0.4, -0.2) is 47.3 Å². The van der Waals surface area contributed by atoms with Crippen molar-refractivity contribution in [3.05, 3.63) is 0 Å². The van der Waals surface area contributed by atoms with Crippen LogP contribution in [0.25, 0.3) is 0 Å². The summed E-state index contributed by atoms with van der Waals surface area (Å²) in [7, 11) is 0. The van der Waals surface area contributed by atoms with E-state index in [1.807, 2.05) is 30.6 Å². The molecular formula is C11H20N2O2. The molecule has 0 aromatic carbocycles. The van der Waals surface area contributed by atoms with E-state index in [0.717, 1.165) is 0 Å². The minimum absolute atomic E-state index is 0.154. The van der Waals surface area contributed by atoms with Gasteiger partial charge in [-0.05, 0) is 6.92 Å². The summed E-state index contributed by atoms with van der Waals surface area (Å²) >= 11 is 0. The van der Waals surface area contributed by atoms with Crippen LogP contribution in [0.4, 0.5) is 0 Å². The minimum atomic E-state index is 0.154. The lowest BCUT2D eigenvalue weighted by Crippen LogP contribution is -2.55. The Labute approximate surface area is 91.2 Å². The molecule has 0 bridgehead atoms. The standard InChI is InChI=1S/C11H20N2O2/c1-4-10(14)12-6-7-13(9(3)8-12)11(15)5-2/h9H,4-8H2,1-3H3. The number of rotatable bonds is 2. The summed E-state index contributed by atoms with van der Waals surface area (Å²) in [6.07, 6.45) is 1.10. The molecule has 0 N–H and O–H groups in total. The van der Waals surface area contributed by atoms with Gasteiger partial charge >= 0.3 is 0 Å². The van der Waals surface area contributed by atoms with Gasteiger partial charge in [-0.1, -0.05) is 13.8 Å². The van der Waals surface area contributed by atoms with Gasteiger partial charge in [-0.2, -0.15) is 0 Å². The lowest BCUT2D eigenvalue weighted by molar-refractivity contribution is -0.142. The Balaban J connectivity index is 2.55. The molecule has 1 aliphatic heterocycles. The van der Waals surface area contributed by atoms with Gasteiger partial charge in [-0.3, -0.25) is 9.59 Å². The Morgan fingerprint density at radius 1 is 1.13 bits per heavy atom. The molecule has 1 rings (SSSR count). The average Bonchev–Trinajstić information content (AvgIpc) is 2.26. The third-order valence-corrected chi connectivity index (χ3v) is 2.91. The molecule has 0 spiro atoms. The molecule has 0 aromatic rings. The zero-order chi connectivity index (χ0) is 11.4. The second kappa shape index (κ2) is 5.14. The second-order valence-corrected chi connectivity index (χ2v) is 3.98. The number of hydrogen-bond acceptors (Lipinski definition) is 2. The maximum absolute atomic E-state index is 11.5. The van der Waals surface area contributed by atoms with Crippen molar-refractivity contribution in [2.45, 2.75) is 39.7 Å². The fourth-order valence-corrected chi connectivity index (χ4v) is 1.98. The number of carbonyl (C=O) groups is 2. The fraction of sp³-hybridized carbons (Fsp3) is 0.818. The number of amides is 2. The molecule has 1 saturated heterocycles. The molecule has 1 aliphatic rings. The third-order valence-electron chi connectivity index (χ3n) is 2.91. The van der Waals surface area contributed by atoms with Gasteiger partial charge < -0.3 is 9.80 Å². The monoisotopic (exact) mass is 212 g/mol. The summed E-state index contributed by atoms with van der Waals surface area (Å²) in [6, 6.07) is 0.154. The summed E-state index contributed by atoms with van der Waals surface area (Å²) in [6.45, 7) is 7.79. The zero-order valence-corrected chi connectivity index (χ0v) is 9.82. The van der Waals surface area contributed by atoms with Crippen LogP contribution in [0.5, 0.6) is 0 Å². The average molecular weight is 212 g/mol. The Morgan fingerprint density at radius 3 is 2.20 bits per heavy atom. The Morgan fingerprint density at radius 2 is 1.73 bits per heavy atom. The second-order valence-electron chi connectivity index (χ2n) is 3.98. The molecule has 1 unspecified atom stereocenters. The summed E-state index contributed by atoms with van der Waals surface area (Å²) in [5.74, 6) is 0.372. The number of piperazine rings is 1. The molecule has 0 radical (unpaired) electrons. The highest BCUT2D eigenvalue weighted by atomic mass is 16.2. The van der Waals surface area contributed by atoms with E-state index in [1.165, 1.54) is 0 Å². The van der Waals surface area contributed by atoms with E-state index < -0.39 is 0 Å². The number of hydrogen-bond donors (Lipinski definition) is 0. The molecule has 0 aliphatic carbocycles. The molecule has 15 heavy (non-hydrogen) atoms. The van der Waals surface area contributed by atoms with Crippen molar-refractivity contribution in [3.63, 3.8) is 0 Å². The summed E-state index contributed by atoms with van der Waals surface area (Å²) in [4.78, 5) is 26.8. The van der Waals surface area contributed by atoms with Gasteiger partial charge in [0.1, 0.15) is 0 Å². The van der Waals surface area contributed by atoms with Crippen molar-refractivity contribution in [3.8, 4) is 0 Å². The first-order valence-corrected chi connectivity index (χ1v) is 5.67. The highest BCUT2D eigenvalue weighted by Crippen LogP contribution is 2.11. The summed E-state index contributed by atoms with van der Waals surface area (Å²) in [5, 5.41) is 0. The first-order valence-electron chi connectivity index (χ1n) is 5.67. The molecule has 1 fully saturated rings. The van der Waals surface area contributed by atoms with Gasteiger partial charge in [0.15, 0.2) is 0 Å². The van der Waals surface area contributed by atoms with Gasteiger partial charge in [-0.15, -0.1) is 0 Å². The quantitative estimate of drug-likeness (QED) is 0.681. The molecule has 86 valence electrons. The van der Waals surface area contributed by atoms with Crippen molar-refractivity contribution >= 4 is 11.8 Å². The van der Waals surface area contributed by atoms with Crippen LogP contribution in [0.15, 0.2) is 0 Å². The van der Waals surface area contributed by atoms with Crippen molar-refractivity contribution in [1.29, 1.82) is 0 Å². The van der Waals surface area contributed by atoms with Crippen molar-refractivity contribution in [2.24, 2.45) is 0 Å². The van der Waals surface area contributed by atoms with Crippen molar-refractivity contribution in [1.82, 2.24) is 9.80 Å². The van der Waals surface area contributed by atoms with E-state index in [4.69, 9.17) is 0 Å². The fourth-order valence-electron chi connectivity index (χ4n) is 1.98. The van der Waals surface area contributed by atoms with Gasteiger partial charge in [-0.25, -0.2) is 0 Å². The molecule has 4 nitrogen and oxygen atoms in total. The van der Waals surface area contributed by atoms with Crippen LogP contribution in [0.3, 0.4) is 0 Å². The van der Waals surface area contributed by atoms with E-state index in [0.29, 0.717) is 32.5 Å². The summed E-state index contributed by atoms with van der Waals surface area (Å²) < 4.78 is 0. The molecule has 1 heterocycles. The van der Waals surface area contributed by atoms with Gasteiger partial charge in [0.2, 0.25) is 11.8 Å². The SMILES string of the molecule is CCC(=O)N1CCN(C(=O)CC)C(C)C1. The van der Waals surface area contributed by atoms with Crippen LogP contribution >= 0.6 is 0 Å². The topological polar surface area (TPSA) is 40.6 Å². The van der Waals surface area contributed by atoms with Crippen LogP contribution in [0.1, 0.15) is 33.6 Å². The van der Waals surface area contributed by atoms with Crippen molar-refractivity contribution < 1.29 is 9.59 Å². The first-order chi connectivity index (χ1) is 7.10. The highest BCUT2D eigenvalue weighted by molar-refractivity contribution is 5.78. The van der Waals surface area contributed by atoms with Gasteiger partial charge in [0, 0.05) is 38.5 Å². The maximum atomic E-state index is 11.5. The zero-order valence-electron chi connectivity index (χ0n) is 9.82. The van der Waals surface area contributed by atoms with Crippen LogP contribution in [0, 0.1) is 0 Å². The van der Waals surface area contributed by atoms with E-state index in [-0.39, 0.29) is 17.9 Å². The van der Waals surface area contributed by atoms with Gasteiger partial charge in [0.05, 0.1) is 0 Å². The van der Waals surface area contributed by atoms with E-state index in [2.05, 4.69) is 0 Å². The third kappa shape index (κ3) is 2.70.